The summed E-state index contributed by atoms with van der Waals surface area (Å²) in [5.74, 6) is 0.407. The molecule has 1 amide bonds. The average Bonchev–Trinajstić information content (AvgIpc) is 2.94. The monoisotopic (exact) mass is 352 g/mol. The van der Waals surface area contributed by atoms with Crippen LogP contribution in [0.4, 0.5) is 0 Å². The maximum absolute atomic E-state index is 12.8. The van der Waals surface area contributed by atoms with Crippen molar-refractivity contribution in [1.29, 1.82) is 0 Å². The lowest BCUT2D eigenvalue weighted by atomic mass is 10.1. The zero-order valence-electron chi connectivity index (χ0n) is 15.8. The van der Waals surface area contributed by atoms with Crippen LogP contribution in [0.1, 0.15) is 47.3 Å². The van der Waals surface area contributed by atoms with Crippen LogP contribution >= 0.6 is 0 Å². The third kappa shape index (κ3) is 3.14. The highest BCUT2D eigenvalue weighted by Crippen LogP contribution is 2.26. The van der Waals surface area contributed by atoms with E-state index in [1.165, 1.54) is 0 Å². The van der Waals surface area contributed by atoms with Crippen LogP contribution in [0.5, 0.6) is 5.75 Å². The Kier molecular flexibility index (Phi) is 4.93. The van der Waals surface area contributed by atoms with E-state index in [2.05, 4.69) is 22.3 Å². The van der Waals surface area contributed by atoms with Gasteiger partial charge in [-0.2, -0.15) is 5.10 Å². The van der Waals surface area contributed by atoms with Crippen LogP contribution in [-0.4, -0.2) is 27.8 Å². The standard InChI is InChI=1S/C20H24N4O2/c1-6-24-14(4)19(13(3)23-24)12(2)21-20(25)17-11-18(26-5)15-9-7-8-10-16(15)22-17/h7-12H,6H2,1-5H3,(H,21,25). The number of amides is 1. The summed E-state index contributed by atoms with van der Waals surface area (Å²) in [5.41, 5.74) is 4.12. The van der Waals surface area contributed by atoms with Gasteiger partial charge in [-0.15, -0.1) is 0 Å². The first-order chi connectivity index (χ1) is 12.5. The molecule has 0 spiro atoms. The van der Waals surface area contributed by atoms with E-state index in [-0.39, 0.29) is 11.9 Å². The smallest absolute Gasteiger partial charge is 0.270 e. The number of pyridine rings is 1. The SMILES string of the molecule is CCn1nc(C)c(C(C)NC(=O)c2cc(OC)c3ccccc3n2)c1C. The first-order valence-corrected chi connectivity index (χ1v) is 8.74. The van der Waals surface area contributed by atoms with E-state index in [1.54, 1.807) is 13.2 Å². The zero-order chi connectivity index (χ0) is 18.8. The van der Waals surface area contributed by atoms with Gasteiger partial charge in [0.15, 0.2) is 0 Å². The number of hydrogen-bond donors (Lipinski definition) is 1. The predicted octanol–water partition coefficient (Wildman–Crippen LogP) is 3.57. The predicted molar refractivity (Wildman–Crippen MR) is 102 cm³/mol. The van der Waals surface area contributed by atoms with Crippen LogP contribution in [0.15, 0.2) is 30.3 Å². The molecule has 1 aromatic carbocycles. The lowest BCUT2D eigenvalue weighted by Gasteiger charge is -2.15. The van der Waals surface area contributed by atoms with Gasteiger partial charge in [0, 0.05) is 29.3 Å². The van der Waals surface area contributed by atoms with E-state index >= 15 is 0 Å². The Balaban J connectivity index is 1.91. The minimum absolute atomic E-state index is 0.165. The molecule has 0 saturated heterocycles. The van der Waals surface area contributed by atoms with Crippen LogP contribution in [0.2, 0.25) is 0 Å². The molecule has 3 aromatic rings. The first-order valence-electron chi connectivity index (χ1n) is 8.74. The van der Waals surface area contributed by atoms with Gasteiger partial charge in [-0.05, 0) is 39.8 Å². The van der Waals surface area contributed by atoms with Crippen molar-refractivity contribution in [3.8, 4) is 5.75 Å². The fourth-order valence-corrected chi connectivity index (χ4v) is 3.42. The molecule has 0 aliphatic carbocycles. The molecule has 0 aliphatic heterocycles. The van der Waals surface area contributed by atoms with Gasteiger partial charge in [0.1, 0.15) is 11.4 Å². The second kappa shape index (κ2) is 7.15. The Bertz CT molecular complexity index is 962. The van der Waals surface area contributed by atoms with Crippen LogP contribution in [-0.2, 0) is 6.54 Å². The quantitative estimate of drug-likeness (QED) is 0.762. The van der Waals surface area contributed by atoms with Crippen molar-refractivity contribution in [2.24, 2.45) is 0 Å². The van der Waals surface area contributed by atoms with Crippen molar-refractivity contribution < 1.29 is 9.53 Å². The minimum atomic E-state index is -0.232. The molecule has 2 aromatic heterocycles. The Hall–Kier alpha value is -2.89. The number of aryl methyl sites for hydroxylation is 2. The van der Waals surface area contributed by atoms with Crippen LogP contribution in [0.3, 0.4) is 0 Å². The van der Waals surface area contributed by atoms with Crippen molar-refractivity contribution >= 4 is 16.8 Å². The van der Waals surface area contributed by atoms with Gasteiger partial charge < -0.3 is 10.1 Å². The lowest BCUT2D eigenvalue weighted by Crippen LogP contribution is -2.28. The third-order valence-corrected chi connectivity index (χ3v) is 4.65. The van der Waals surface area contributed by atoms with Gasteiger partial charge in [-0.25, -0.2) is 4.98 Å². The fraction of sp³-hybridized carbons (Fsp3) is 0.350. The number of aromatic nitrogens is 3. The van der Waals surface area contributed by atoms with Crippen molar-refractivity contribution in [3.63, 3.8) is 0 Å². The Morgan fingerprint density at radius 2 is 2.04 bits per heavy atom. The normalized spacial score (nSPS) is 12.2. The van der Waals surface area contributed by atoms with Crippen LogP contribution < -0.4 is 10.1 Å². The lowest BCUT2D eigenvalue weighted by molar-refractivity contribution is 0.0934. The second-order valence-corrected chi connectivity index (χ2v) is 6.32. The van der Waals surface area contributed by atoms with Crippen molar-refractivity contribution in [2.75, 3.05) is 7.11 Å². The number of carbonyl (C=O) groups is 1. The molecule has 1 unspecified atom stereocenters. The summed E-state index contributed by atoms with van der Waals surface area (Å²) in [7, 11) is 1.60. The summed E-state index contributed by atoms with van der Waals surface area (Å²) in [6.07, 6.45) is 0. The maximum Gasteiger partial charge on any atom is 0.270 e. The molecule has 6 heteroatoms. The molecule has 0 saturated carbocycles. The largest absolute Gasteiger partial charge is 0.496 e. The van der Waals surface area contributed by atoms with E-state index in [1.807, 2.05) is 49.7 Å². The summed E-state index contributed by atoms with van der Waals surface area (Å²) in [6.45, 7) is 8.81. The summed E-state index contributed by atoms with van der Waals surface area (Å²) in [4.78, 5) is 17.3. The number of carbonyl (C=O) groups excluding carboxylic acids is 1. The number of rotatable bonds is 5. The molecule has 1 atom stereocenters. The molecular formula is C20H24N4O2. The molecule has 0 aliphatic rings. The number of fused-ring (bicyclic) bond motifs is 1. The van der Waals surface area contributed by atoms with Crippen molar-refractivity contribution in [1.82, 2.24) is 20.1 Å². The second-order valence-electron chi connectivity index (χ2n) is 6.32. The van der Waals surface area contributed by atoms with Crippen LogP contribution in [0.25, 0.3) is 10.9 Å². The van der Waals surface area contributed by atoms with Crippen molar-refractivity contribution in [2.45, 2.75) is 40.3 Å². The molecule has 26 heavy (non-hydrogen) atoms. The number of hydrogen-bond acceptors (Lipinski definition) is 4. The molecule has 0 radical (unpaired) electrons. The Morgan fingerprint density at radius 3 is 2.69 bits per heavy atom. The topological polar surface area (TPSA) is 69.0 Å². The van der Waals surface area contributed by atoms with Crippen molar-refractivity contribution in [3.05, 3.63) is 53.0 Å². The first kappa shape index (κ1) is 17.9. The molecule has 6 nitrogen and oxygen atoms in total. The summed E-state index contributed by atoms with van der Waals surface area (Å²) >= 11 is 0. The number of methoxy groups -OCH3 is 1. The number of para-hydroxylation sites is 1. The Labute approximate surface area is 153 Å². The molecule has 0 bridgehead atoms. The van der Waals surface area contributed by atoms with Gasteiger partial charge in [0.2, 0.25) is 0 Å². The molecular weight excluding hydrogens is 328 g/mol. The molecule has 0 fully saturated rings. The van der Waals surface area contributed by atoms with Gasteiger partial charge in [0.05, 0.1) is 24.4 Å². The van der Waals surface area contributed by atoms with Gasteiger partial charge in [0.25, 0.3) is 5.91 Å². The number of benzene rings is 1. The van der Waals surface area contributed by atoms with E-state index in [0.717, 1.165) is 34.4 Å². The van der Waals surface area contributed by atoms with Crippen LogP contribution in [0, 0.1) is 13.8 Å². The number of nitrogens with one attached hydrogen (secondary N) is 1. The highest BCUT2D eigenvalue weighted by atomic mass is 16.5. The molecule has 2 heterocycles. The highest BCUT2D eigenvalue weighted by molar-refractivity contribution is 5.97. The number of nitrogens with zero attached hydrogens (tertiary/aromatic N) is 3. The minimum Gasteiger partial charge on any atom is -0.496 e. The third-order valence-electron chi connectivity index (χ3n) is 4.65. The average molecular weight is 352 g/mol. The number of ether oxygens (including phenoxy) is 1. The maximum atomic E-state index is 12.8. The van der Waals surface area contributed by atoms with Gasteiger partial charge in [-0.1, -0.05) is 12.1 Å². The van der Waals surface area contributed by atoms with Gasteiger partial charge in [-0.3, -0.25) is 9.48 Å². The Morgan fingerprint density at radius 1 is 1.31 bits per heavy atom. The van der Waals surface area contributed by atoms with E-state index < -0.39 is 0 Å². The molecule has 136 valence electrons. The van der Waals surface area contributed by atoms with Gasteiger partial charge >= 0.3 is 0 Å². The molecule has 3 rings (SSSR count). The fourth-order valence-electron chi connectivity index (χ4n) is 3.42. The summed E-state index contributed by atoms with van der Waals surface area (Å²) in [6, 6.07) is 9.13. The molecule has 1 N–H and O–H groups in total. The zero-order valence-corrected chi connectivity index (χ0v) is 15.8. The van der Waals surface area contributed by atoms with E-state index in [9.17, 15) is 4.79 Å². The van der Waals surface area contributed by atoms with E-state index in [0.29, 0.717) is 11.4 Å². The van der Waals surface area contributed by atoms with E-state index in [4.69, 9.17) is 4.74 Å². The highest BCUT2D eigenvalue weighted by Gasteiger charge is 2.20. The summed E-state index contributed by atoms with van der Waals surface area (Å²) in [5, 5.41) is 8.45. The summed E-state index contributed by atoms with van der Waals surface area (Å²) < 4.78 is 7.38.